The maximum atomic E-state index is 14.4. The van der Waals surface area contributed by atoms with Gasteiger partial charge in [0.05, 0.1) is 0 Å². The van der Waals surface area contributed by atoms with Crippen LogP contribution in [0.3, 0.4) is 0 Å². The molecule has 7 nitrogen and oxygen atoms in total. The molecule has 0 radical (unpaired) electrons. The number of amides is 3. The van der Waals surface area contributed by atoms with Gasteiger partial charge in [-0.15, -0.1) is 0 Å². The highest BCUT2D eigenvalue weighted by atomic mass is 16.6. The molecule has 0 spiro atoms. The molecule has 1 saturated carbocycles. The Bertz CT molecular complexity index is 963. The van der Waals surface area contributed by atoms with Crippen LogP contribution in [0.1, 0.15) is 128 Å². The fraction of sp³-hybridized carbons (Fsp3) is 0.727. The number of rotatable bonds is 13. The van der Waals surface area contributed by atoms with E-state index in [0.29, 0.717) is 6.54 Å². The Hall–Kier alpha value is -2.57. The van der Waals surface area contributed by atoms with E-state index in [4.69, 9.17) is 4.74 Å². The molecule has 2 rings (SSSR count). The van der Waals surface area contributed by atoms with Crippen LogP contribution >= 0.6 is 0 Å². The zero-order valence-corrected chi connectivity index (χ0v) is 26.4. The summed E-state index contributed by atoms with van der Waals surface area (Å²) in [5.74, 6) is -0.577. The molecule has 2 N–H and O–H groups in total. The third-order valence-corrected chi connectivity index (χ3v) is 7.84. The second-order valence-corrected chi connectivity index (χ2v) is 12.8. The molecule has 0 bridgehead atoms. The van der Waals surface area contributed by atoms with Crippen molar-refractivity contribution in [2.24, 2.45) is 5.92 Å². The molecule has 7 heteroatoms. The predicted molar refractivity (Wildman–Crippen MR) is 162 cm³/mol. The SMILES string of the molecule is CCCCCCCN(C(=O)C(NC(=O)OC(C)(C)C)C(C)C)C(C(=O)NC1CCCCC1)c1cccc(C)c1C. The molecular weight excluding hydrogens is 502 g/mol. The minimum atomic E-state index is -0.819. The summed E-state index contributed by atoms with van der Waals surface area (Å²) >= 11 is 0. The van der Waals surface area contributed by atoms with Gasteiger partial charge in [-0.25, -0.2) is 4.79 Å². The van der Waals surface area contributed by atoms with Gasteiger partial charge in [0.25, 0.3) is 0 Å². The van der Waals surface area contributed by atoms with Gasteiger partial charge >= 0.3 is 6.09 Å². The number of carbonyl (C=O) groups is 3. The molecule has 0 aromatic heterocycles. The molecule has 40 heavy (non-hydrogen) atoms. The normalized spacial score (nSPS) is 15.8. The highest BCUT2D eigenvalue weighted by Gasteiger charge is 2.38. The Morgan fingerprint density at radius 3 is 2.25 bits per heavy atom. The first-order chi connectivity index (χ1) is 18.9. The average molecular weight is 558 g/mol. The predicted octanol–water partition coefficient (Wildman–Crippen LogP) is 7.14. The molecule has 1 fully saturated rings. The van der Waals surface area contributed by atoms with Crippen LogP contribution in [0.15, 0.2) is 18.2 Å². The maximum Gasteiger partial charge on any atom is 0.408 e. The van der Waals surface area contributed by atoms with Crippen molar-refractivity contribution < 1.29 is 19.1 Å². The van der Waals surface area contributed by atoms with E-state index in [2.05, 4.69) is 17.6 Å². The molecule has 0 aliphatic heterocycles. The van der Waals surface area contributed by atoms with Crippen LogP contribution in [0.4, 0.5) is 4.79 Å². The summed E-state index contributed by atoms with van der Waals surface area (Å²) in [6, 6.07) is 4.49. The Kier molecular flexibility index (Phi) is 13.5. The molecule has 0 heterocycles. The largest absolute Gasteiger partial charge is 0.444 e. The van der Waals surface area contributed by atoms with Crippen molar-refractivity contribution in [1.29, 1.82) is 0 Å². The van der Waals surface area contributed by atoms with Gasteiger partial charge in [-0.3, -0.25) is 9.59 Å². The minimum absolute atomic E-state index is 0.121. The number of nitrogens with zero attached hydrogens (tertiary/aromatic N) is 1. The summed E-state index contributed by atoms with van der Waals surface area (Å²) in [5.41, 5.74) is 2.25. The van der Waals surface area contributed by atoms with Crippen molar-refractivity contribution >= 4 is 17.9 Å². The van der Waals surface area contributed by atoms with Crippen LogP contribution in [0.25, 0.3) is 0 Å². The van der Waals surface area contributed by atoms with Crippen LogP contribution in [0.5, 0.6) is 0 Å². The smallest absolute Gasteiger partial charge is 0.408 e. The monoisotopic (exact) mass is 557 g/mol. The molecule has 226 valence electrons. The summed E-state index contributed by atoms with van der Waals surface area (Å²) in [5, 5.41) is 6.14. The third-order valence-electron chi connectivity index (χ3n) is 7.84. The Labute approximate surface area is 243 Å². The lowest BCUT2D eigenvalue weighted by molar-refractivity contribution is -0.143. The first-order valence-electron chi connectivity index (χ1n) is 15.5. The van der Waals surface area contributed by atoms with Crippen molar-refractivity contribution in [2.45, 2.75) is 143 Å². The van der Waals surface area contributed by atoms with E-state index in [9.17, 15) is 14.4 Å². The summed E-state index contributed by atoms with van der Waals surface area (Å²) in [6.45, 7) is 15.9. The van der Waals surface area contributed by atoms with E-state index in [1.807, 2.05) is 45.9 Å². The topological polar surface area (TPSA) is 87.7 Å². The van der Waals surface area contributed by atoms with E-state index >= 15 is 0 Å². The number of unbranched alkanes of at least 4 members (excludes halogenated alkanes) is 4. The zero-order chi connectivity index (χ0) is 29.9. The Morgan fingerprint density at radius 2 is 1.65 bits per heavy atom. The van der Waals surface area contributed by atoms with Gasteiger partial charge in [-0.05, 0) is 76.5 Å². The van der Waals surface area contributed by atoms with E-state index in [0.717, 1.165) is 74.5 Å². The second kappa shape index (κ2) is 16.0. The van der Waals surface area contributed by atoms with Crippen LogP contribution in [-0.4, -0.2) is 47.0 Å². The van der Waals surface area contributed by atoms with Crippen LogP contribution < -0.4 is 10.6 Å². The van der Waals surface area contributed by atoms with Gasteiger partial charge in [-0.2, -0.15) is 0 Å². The number of aryl methyl sites for hydroxylation is 1. The van der Waals surface area contributed by atoms with Crippen molar-refractivity contribution in [3.05, 3.63) is 34.9 Å². The average Bonchev–Trinajstić information content (AvgIpc) is 2.87. The molecule has 0 saturated heterocycles. The lowest BCUT2D eigenvalue weighted by atomic mass is 9.92. The molecular formula is C33H55N3O4. The minimum Gasteiger partial charge on any atom is -0.444 e. The molecule has 3 amide bonds. The quantitative estimate of drug-likeness (QED) is 0.252. The van der Waals surface area contributed by atoms with E-state index < -0.39 is 23.8 Å². The fourth-order valence-corrected chi connectivity index (χ4v) is 5.43. The number of hydrogen-bond acceptors (Lipinski definition) is 4. The Balaban J connectivity index is 2.49. The van der Waals surface area contributed by atoms with E-state index in [-0.39, 0.29) is 23.8 Å². The van der Waals surface area contributed by atoms with E-state index in [1.54, 1.807) is 25.7 Å². The maximum absolute atomic E-state index is 14.4. The zero-order valence-electron chi connectivity index (χ0n) is 26.4. The summed E-state index contributed by atoms with van der Waals surface area (Å²) in [6.07, 6.45) is 9.84. The number of carbonyl (C=O) groups excluding carboxylic acids is 3. The van der Waals surface area contributed by atoms with Gasteiger partial charge in [-0.1, -0.05) is 83.9 Å². The lowest BCUT2D eigenvalue weighted by Crippen LogP contribution is -2.55. The summed E-state index contributed by atoms with van der Waals surface area (Å²) in [4.78, 5) is 43.0. The van der Waals surface area contributed by atoms with Gasteiger partial charge in [0.15, 0.2) is 0 Å². The van der Waals surface area contributed by atoms with Crippen molar-refractivity contribution in [2.75, 3.05) is 6.54 Å². The van der Waals surface area contributed by atoms with Crippen molar-refractivity contribution in [3.8, 4) is 0 Å². The van der Waals surface area contributed by atoms with Crippen LogP contribution in [0.2, 0.25) is 0 Å². The van der Waals surface area contributed by atoms with Gasteiger partial charge in [0, 0.05) is 12.6 Å². The molecule has 2 atom stereocenters. The first kappa shape index (κ1) is 33.6. The highest BCUT2D eigenvalue weighted by molar-refractivity contribution is 5.92. The fourth-order valence-electron chi connectivity index (χ4n) is 5.43. The van der Waals surface area contributed by atoms with Gasteiger partial charge in [0.1, 0.15) is 17.7 Å². The third kappa shape index (κ3) is 10.4. The summed E-state index contributed by atoms with van der Waals surface area (Å²) in [7, 11) is 0. The number of nitrogens with one attached hydrogen (secondary N) is 2. The van der Waals surface area contributed by atoms with E-state index in [1.165, 1.54) is 6.42 Å². The molecule has 1 aliphatic carbocycles. The Morgan fingerprint density at radius 1 is 1.00 bits per heavy atom. The standard InChI is InChI=1S/C33H55N3O4/c1-9-10-11-12-16-22-36(31(38)28(23(2)3)35-32(39)40-33(6,7)8)29(27-21-17-18-24(4)25(27)5)30(37)34-26-19-14-13-15-20-26/h17-18,21,23,26,28-29H,9-16,19-20,22H2,1-8H3,(H,34,37)(H,35,39). The van der Waals surface area contributed by atoms with Gasteiger partial charge in [0.2, 0.25) is 11.8 Å². The highest BCUT2D eigenvalue weighted by Crippen LogP contribution is 2.30. The molecule has 1 aromatic carbocycles. The van der Waals surface area contributed by atoms with Crippen LogP contribution in [-0.2, 0) is 14.3 Å². The number of hydrogen-bond donors (Lipinski definition) is 2. The van der Waals surface area contributed by atoms with Crippen LogP contribution in [0, 0.1) is 19.8 Å². The number of alkyl carbamates (subject to hydrolysis) is 1. The first-order valence-corrected chi connectivity index (χ1v) is 15.5. The number of benzene rings is 1. The molecule has 2 unspecified atom stereocenters. The van der Waals surface area contributed by atoms with Crippen molar-refractivity contribution in [1.82, 2.24) is 15.5 Å². The van der Waals surface area contributed by atoms with Gasteiger partial charge < -0.3 is 20.3 Å². The summed E-state index contributed by atoms with van der Waals surface area (Å²) < 4.78 is 5.50. The second-order valence-electron chi connectivity index (χ2n) is 12.8. The molecule has 1 aliphatic rings. The van der Waals surface area contributed by atoms with Crippen molar-refractivity contribution in [3.63, 3.8) is 0 Å². The lowest BCUT2D eigenvalue weighted by Gasteiger charge is -2.37. The molecule has 1 aromatic rings. The number of ether oxygens (including phenoxy) is 1.